The molecule has 44 heavy (non-hydrogen) atoms. The molecule has 0 spiro atoms. The lowest BCUT2D eigenvalue weighted by Crippen LogP contribution is -2.54. The van der Waals surface area contributed by atoms with Gasteiger partial charge in [0.2, 0.25) is 0 Å². The van der Waals surface area contributed by atoms with Crippen LogP contribution >= 0.6 is 11.6 Å². The maximum Gasteiger partial charge on any atom is 0.264 e. The van der Waals surface area contributed by atoms with Crippen LogP contribution in [0.15, 0.2) is 59.5 Å². The fourth-order valence-electron chi connectivity index (χ4n) is 6.33. The lowest BCUT2D eigenvalue weighted by Gasteiger charge is -2.43. The number of hydrogen-bond donors (Lipinski definition) is 0. The number of piperazine rings is 1. The first-order valence-corrected chi connectivity index (χ1v) is 17.1. The van der Waals surface area contributed by atoms with Crippen LogP contribution in [0.4, 0.5) is 11.4 Å². The van der Waals surface area contributed by atoms with Crippen molar-refractivity contribution in [1.82, 2.24) is 9.80 Å². The zero-order chi connectivity index (χ0) is 31.6. The van der Waals surface area contributed by atoms with Gasteiger partial charge in [-0.05, 0) is 105 Å². The zero-order valence-corrected chi connectivity index (χ0v) is 27.9. The van der Waals surface area contributed by atoms with E-state index < -0.39 is 10.0 Å². The van der Waals surface area contributed by atoms with Gasteiger partial charge in [0.1, 0.15) is 5.75 Å². The van der Waals surface area contributed by atoms with E-state index in [-0.39, 0.29) is 12.5 Å². The highest BCUT2D eigenvalue weighted by atomic mass is 35.5. The van der Waals surface area contributed by atoms with Crippen molar-refractivity contribution in [2.24, 2.45) is 0 Å². The summed E-state index contributed by atoms with van der Waals surface area (Å²) in [5.74, 6) is 0.498. The summed E-state index contributed by atoms with van der Waals surface area (Å²) in [5.41, 5.74) is 5.12. The molecule has 0 aromatic heterocycles. The molecule has 0 N–H and O–H groups in total. The van der Waals surface area contributed by atoms with Crippen molar-refractivity contribution >= 4 is 38.9 Å². The molecule has 2 aliphatic heterocycles. The quantitative estimate of drug-likeness (QED) is 0.320. The number of benzene rings is 3. The van der Waals surface area contributed by atoms with Gasteiger partial charge < -0.3 is 14.5 Å². The standard InChI is InChI=1S/C34H43ClN4O4S/c1-24-21-25(2)27(4)34(26(24)3)44(41,42)36(5)29-9-11-32(12-10-29)43-23-33(40)39-15-13-30(14-16-39)37-17-19-38(20-18-37)31-8-6-7-28(35)22-31/h6-12,21-22,30H,13-20,23H2,1-5H3. The van der Waals surface area contributed by atoms with E-state index >= 15 is 0 Å². The molecule has 3 aromatic rings. The van der Waals surface area contributed by atoms with Crippen LogP contribution in [-0.4, -0.2) is 83.1 Å². The van der Waals surface area contributed by atoms with Gasteiger partial charge in [-0.2, -0.15) is 0 Å². The Hall–Kier alpha value is -3.27. The summed E-state index contributed by atoms with van der Waals surface area (Å²) in [6, 6.07) is 17.4. The van der Waals surface area contributed by atoms with Crippen molar-refractivity contribution in [3.8, 4) is 5.75 Å². The number of likely N-dealkylation sites (tertiary alicyclic amines) is 1. The fraction of sp³-hybridized carbons (Fsp3) is 0.441. The van der Waals surface area contributed by atoms with Crippen molar-refractivity contribution in [3.63, 3.8) is 0 Å². The Bertz CT molecular complexity index is 1570. The topological polar surface area (TPSA) is 73.4 Å². The molecular weight excluding hydrogens is 596 g/mol. The first kappa shape index (κ1) is 32.1. The van der Waals surface area contributed by atoms with Gasteiger partial charge in [0.05, 0.1) is 10.6 Å². The minimum atomic E-state index is -3.76. The molecule has 236 valence electrons. The summed E-state index contributed by atoms with van der Waals surface area (Å²) >= 11 is 6.18. The molecule has 0 saturated carbocycles. The molecule has 2 aliphatic rings. The molecule has 5 rings (SSSR count). The van der Waals surface area contributed by atoms with Crippen molar-refractivity contribution < 1.29 is 17.9 Å². The lowest BCUT2D eigenvalue weighted by atomic mass is 10.0. The van der Waals surface area contributed by atoms with E-state index in [1.54, 1.807) is 31.3 Å². The van der Waals surface area contributed by atoms with Crippen molar-refractivity contribution in [2.45, 2.75) is 51.5 Å². The molecule has 10 heteroatoms. The van der Waals surface area contributed by atoms with Gasteiger partial charge in [0.15, 0.2) is 6.61 Å². The number of halogens is 1. The third-order valence-corrected chi connectivity index (χ3v) is 11.6. The molecule has 0 atom stereocenters. The first-order chi connectivity index (χ1) is 21.0. The lowest BCUT2D eigenvalue weighted by molar-refractivity contribution is -0.135. The molecule has 8 nitrogen and oxygen atoms in total. The summed E-state index contributed by atoms with van der Waals surface area (Å²) in [6.07, 6.45) is 1.91. The van der Waals surface area contributed by atoms with Gasteiger partial charge in [-0.15, -0.1) is 0 Å². The van der Waals surface area contributed by atoms with E-state index in [1.165, 1.54) is 9.99 Å². The number of piperidine rings is 1. The number of carbonyl (C=O) groups is 1. The molecule has 0 radical (unpaired) electrons. The Labute approximate surface area is 267 Å². The molecule has 2 fully saturated rings. The molecular formula is C34H43ClN4O4S. The predicted molar refractivity (Wildman–Crippen MR) is 178 cm³/mol. The number of carbonyl (C=O) groups excluding carboxylic acids is 1. The van der Waals surface area contributed by atoms with Gasteiger partial charge in [-0.25, -0.2) is 8.42 Å². The number of amides is 1. The molecule has 2 saturated heterocycles. The highest BCUT2D eigenvalue weighted by molar-refractivity contribution is 7.93. The maximum atomic E-state index is 13.6. The third kappa shape index (κ3) is 6.85. The smallest absolute Gasteiger partial charge is 0.264 e. The van der Waals surface area contributed by atoms with Crippen LogP contribution in [0.25, 0.3) is 0 Å². The van der Waals surface area contributed by atoms with E-state index in [1.807, 2.05) is 56.9 Å². The number of sulfonamides is 1. The largest absolute Gasteiger partial charge is 0.484 e. The van der Waals surface area contributed by atoms with Crippen LogP contribution in [0.2, 0.25) is 5.02 Å². The highest BCUT2D eigenvalue weighted by Gasteiger charge is 2.30. The third-order valence-electron chi connectivity index (χ3n) is 9.30. The second-order valence-corrected chi connectivity index (χ2v) is 14.3. The van der Waals surface area contributed by atoms with Crippen molar-refractivity contribution in [2.75, 3.05) is 62.1 Å². The normalized spacial score (nSPS) is 16.7. The number of nitrogens with zero attached hydrogens (tertiary/aromatic N) is 4. The van der Waals surface area contributed by atoms with E-state index in [9.17, 15) is 13.2 Å². The minimum absolute atomic E-state index is 0.0289. The number of hydrogen-bond acceptors (Lipinski definition) is 6. The Balaban J connectivity index is 1.10. The number of ether oxygens (including phenoxy) is 1. The summed E-state index contributed by atoms with van der Waals surface area (Å²) in [6.45, 7) is 12.9. The van der Waals surface area contributed by atoms with E-state index in [0.29, 0.717) is 22.4 Å². The van der Waals surface area contributed by atoms with Crippen LogP contribution < -0.4 is 13.9 Å². The number of rotatable bonds is 8. The molecule has 3 aromatic carbocycles. The Morgan fingerprint density at radius 2 is 1.50 bits per heavy atom. The van der Waals surface area contributed by atoms with E-state index in [4.69, 9.17) is 16.3 Å². The molecule has 0 unspecified atom stereocenters. The van der Waals surface area contributed by atoms with Crippen LogP contribution in [0.5, 0.6) is 5.75 Å². The summed E-state index contributed by atoms with van der Waals surface area (Å²) in [7, 11) is -2.20. The fourth-order valence-corrected chi connectivity index (χ4v) is 8.28. The highest BCUT2D eigenvalue weighted by Crippen LogP contribution is 2.31. The van der Waals surface area contributed by atoms with Gasteiger partial charge >= 0.3 is 0 Å². The number of anilines is 2. The molecule has 0 bridgehead atoms. The summed E-state index contributed by atoms with van der Waals surface area (Å²) in [4.78, 5) is 20.1. The molecule has 2 heterocycles. The monoisotopic (exact) mass is 638 g/mol. The average molecular weight is 639 g/mol. The summed E-state index contributed by atoms with van der Waals surface area (Å²) < 4.78 is 34.3. The Kier molecular flexibility index (Phi) is 9.77. The molecule has 0 aliphatic carbocycles. The van der Waals surface area contributed by atoms with E-state index in [2.05, 4.69) is 15.9 Å². The summed E-state index contributed by atoms with van der Waals surface area (Å²) in [5, 5.41) is 0.764. The van der Waals surface area contributed by atoms with Gasteiger partial charge in [0.25, 0.3) is 15.9 Å². The van der Waals surface area contributed by atoms with Crippen LogP contribution in [0.1, 0.15) is 35.1 Å². The minimum Gasteiger partial charge on any atom is -0.484 e. The van der Waals surface area contributed by atoms with Gasteiger partial charge in [-0.1, -0.05) is 23.7 Å². The first-order valence-electron chi connectivity index (χ1n) is 15.3. The Morgan fingerprint density at radius 3 is 2.09 bits per heavy atom. The van der Waals surface area contributed by atoms with Crippen molar-refractivity contribution in [1.29, 1.82) is 0 Å². The number of aryl methyl sites for hydroxylation is 2. The average Bonchev–Trinajstić information content (AvgIpc) is 3.03. The second-order valence-electron chi connectivity index (χ2n) is 12.0. The predicted octanol–water partition coefficient (Wildman–Crippen LogP) is 5.59. The van der Waals surface area contributed by atoms with Crippen LogP contribution in [-0.2, 0) is 14.8 Å². The SMILES string of the molecule is Cc1cc(C)c(C)c(S(=O)(=O)N(C)c2ccc(OCC(=O)N3CCC(N4CCN(c5cccc(Cl)c5)CC4)CC3)cc2)c1C. The van der Waals surface area contributed by atoms with Gasteiger partial charge in [0, 0.05) is 63.1 Å². The van der Waals surface area contributed by atoms with Crippen LogP contribution in [0.3, 0.4) is 0 Å². The Morgan fingerprint density at radius 1 is 0.886 bits per heavy atom. The molecule has 1 amide bonds. The van der Waals surface area contributed by atoms with E-state index in [0.717, 1.165) is 79.4 Å². The van der Waals surface area contributed by atoms with Crippen molar-refractivity contribution in [3.05, 3.63) is 81.9 Å². The van der Waals surface area contributed by atoms with Crippen LogP contribution in [0, 0.1) is 27.7 Å². The van der Waals surface area contributed by atoms with Gasteiger partial charge in [-0.3, -0.25) is 14.0 Å². The zero-order valence-electron chi connectivity index (χ0n) is 26.3. The maximum absolute atomic E-state index is 13.6. The second kappa shape index (κ2) is 13.4.